The van der Waals surface area contributed by atoms with E-state index in [0.717, 1.165) is 6.42 Å². The van der Waals surface area contributed by atoms with Gasteiger partial charge in [-0.15, -0.1) is 6.58 Å². The van der Waals surface area contributed by atoms with Crippen molar-refractivity contribution in [3.05, 3.63) is 23.8 Å². The summed E-state index contributed by atoms with van der Waals surface area (Å²) in [5.74, 6) is 1.00. The molecule has 16 heavy (non-hydrogen) atoms. The molecule has 0 unspecified atom stereocenters. The Labute approximate surface area is 100 Å². The van der Waals surface area contributed by atoms with E-state index in [9.17, 15) is 5.11 Å². The van der Waals surface area contributed by atoms with Crippen molar-refractivity contribution in [1.29, 1.82) is 0 Å². The molecule has 1 saturated carbocycles. The Morgan fingerprint density at radius 1 is 1.50 bits per heavy atom. The first-order valence-electron chi connectivity index (χ1n) is 6.37. The van der Waals surface area contributed by atoms with Gasteiger partial charge in [0.2, 0.25) is 0 Å². The van der Waals surface area contributed by atoms with E-state index in [-0.39, 0.29) is 5.92 Å². The predicted octanol–water partition coefficient (Wildman–Crippen LogP) is 3.94. The third-order valence-corrected chi connectivity index (χ3v) is 4.53. The predicted molar refractivity (Wildman–Crippen MR) is 70.2 cm³/mol. The van der Waals surface area contributed by atoms with Crippen LogP contribution in [0.15, 0.2) is 23.8 Å². The molecule has 1 aliphatic rings. The minimum Gasteiger partial charge on any atom is -0.385 e. The molecule has 0 heterocycles. The summed E-state index contributed by atoms with van der Waals surface area (Å²) in [7, 11) is 0. The lowest BCUT2D eigenvalue weighted by molar-refractivity contribution is -0.0477. The third-order valence-electron chi connectivity index (χ3n) is 4.53. The van der Waals surface area contributed by atoms with Crippen LogP contribution in [0, 0.1) is 17.8 Å². The summed E-state index contributed by atoms with van der Waals surface area (Å²) < 4.78 is 0. The van der Waals surface area contributed by atoms with E-state index in [4.69, 9.17) is 0 Å². The van der Waals surface area contributed by atoms with Crippen LogP contribution in [-0.4, -0.2) is 10.7 Å². The average Bonchev–Trinajstić information content (AvgIpc) is 2.24. The first-order valence-corrected chi connectivity index (χ1v) is 6.37. The van der Waals surface area contributed by atoms with Crippen LogP contribution in [0.5, 0.6) is 0 Å². The Balaban J connectivity index is 3.23. The fourth-order valence-corrected chi connectivity index (χ4v) is 3.05. The molecular weight excluding hydrogens is 196 g/mol. The molecule has 1 heteroatoms. The highest BCUT2D eigenvalue weighted by Gasteiger charge is 2.46. The van der Waals surface area contributed by atoms with Gasteiger partial charge in [-0.1, -0.05) is 32.4 Å². The van der Waals surface area contributed by atoms with Gasteiger partial charge >= 0.3 is 0 Å². The molecule has 0 aromatic heterocycles. The molecular formula is C15H26O. The molecule has 0 aromatic rings. The summed E-state index contributed by atoms with van der Waals surface area (Å²) in [6.45, 7) is 14.6. The van der Waals surface area contributed by atoms with Crippen LogP contribution in [0.25, 0.3) is 0 Å². The summed E-state index contributed by atoms with van der Waals surface area (Å²) in [5, 5.41) is 11.1. The molecule has 1 fully saturated rings. The van der Waals surface area contributed by atoms with E-state index in [1.807, 2.05) is 6.08 Å². The van der Waals surface area contributed by atoms with E-state index >= 15 is 0 Å². The minimum absolute atomic E-state index is 0.121. The van der Waals surface area contributed by atoms with Gasteiger partial charge in [0.15, 0.2) is 0 Å². The van der Waals surface area contributed by atoms with Gasteiger partial charge in [0, 0.05) is 5.92 Å². The minimum atomic E-state index is -0.682. The van der Waals surface area contributed by atoms with Crippen LogP contribution < -0.4 is 0 Å². The van der Waals surface area contributed by atoms with Crippen molar-refractivity contribution in [2.24, 2.45) is 17.8 Å². The Morgan fingerprint density at radius 2 is 2.06 bits per heavy atom. The van der Waals surface area contributed by atoms with Crippen molar-refractivity contribution in [2.45, 2.75) is 53.1 Å². The quantitative estimate of drug-likeness (QED) is 0.702. The lowest BCUT2D eigenvalue weighted by Crippen LogP contribution is -2.49. The number of allylic oxidation sites excluding steroid dienone is 1. The molecule has 0 saturated heterocycles. The normalized spacial score (nSPS) is 37.0. The molecule has 0 aliphatic heterocycles. The van der Waals surface area contributed by atoms with Gasteiger partial charge in [0.05, 0.1) is 5.60 Å². The molecule has 4 atom stereocenters. The zero-order chi connectivity index (χ0) is 12.5. The van der Waals surface area contributed by atoms with E-state index in [1.54, 1.807) is 0 Å². The molecule has 92 valence electrons. The maximum Gasteiger partial charge on any atom is 0.0946 e. The standard InChI is InChI=1S/C15H26O/c1-7-12(5)15(16)13(6)11(4)8-9-14(15)10(2)3/h7,11-13,16H,1,8-9H2,2-6H3/t11-,12-,13-,15-/m1/s1. The fraction of sp³-hybridized carbons (Fsp3) is 0.733. The molecule has 0 spiro atoms. The molecule has 0 amide bonds. The van der Waals surface area contributed by atoms with Crippen molar-refractivity contribution in [1.82, 2.24) is 0 Å². The Bertz CT molecular complexity index is 299. The number of hydrogen-bond acceptors (Lipinski definition) is 1. The number of hydrogen-bond donors (Lipinski definition) is 1. The second kappa shape index (κ2) is 4.75. The van der Waals surface area contributed by atoms with Crippen LogP contribution in [0.2, 0.25) is 0 Å². The number of aliphatic hydroxyl groups is 1. The van der Waals surface area contributed by atoms with Crippen LogP contribution in [-0.2, 0) is 0 Å². The largest absolute Gasteiger partial charge is 0.385 e. The van der Waals surface area contributed by atoms with Crippen LogP contribution in [0.3, 0.4) is 0 Å². The third kappa shape index (κ3) is 1.98. The van der Waals surface area contributed by atoms with Gasteiger partial charge in [-0.3, -0.25) is 0 Å². The Kier molecular flexibility index (Phi) is 4.01. The molecule has 1 nitrogen and oxygen atoms in total. The molecule has 1 aliphatic carbocycles. The summed E-state index contributed by atoms with van der Waals surface area (Å²) in [6, 6.07) is 0. The van der Waals surface area contributed by atoms with Crippen LogP contribution in [0.4, 0.5) is 0 Å². The van der Waals surface area contributed by atoms with Crippen LogP contribution in [0.1, 0.15) is 47.5 Å². The van der Waals surface area contributed by atoms with Gasteiger partial charge in [0.1, 0.15) is 0 Å². The van der Waals surface area contributed by atoms with Crippen molar-refractivity contribution >= 4 is 0 Å². The van der Waals surface area contributed by atoms with Gasteiger partial charge in [-0.05, 0) is 44.1 Å². The van der Waals surface area contributed by atoms with Crippen LogP contribution >= 0.6 is 0 Å². The van der Waals surface area contributed by atoms with Crippen molar-refractivity contribution < 1.29 is 5.11 Å². The van der Waals surface area contributed by atoms with Crippen molar-refractivity contribution in [3.8, 4) is 0 Å². The SMILES string of the molecule is C=C[C@@H](C)[C@]1(O)C(=C(C)C)CC[C@@H](C)[C@H]1C. The summed E-state index contributed by atoms with van der Waals surface area (Å²) in [6.07, 6.45) is 4.11. The highest BCUT2D eigenvalue weighted by atomic mass is 16.3. The molecule has 1 rings (SSSR count). The topological polar surface area (TPSA) is 20.2 Å². The highest BCUT2D eigenvalue weighted by Crippen LogP contribution is 2.46. The first kappa shape index (κ1) is 13.5. The van der Waals surface area contributed by atoms with E-state index in [0.29, 0.717) is 11.8 Å². The van der Waals surface area contributed by atoms with E-state index in [2.05, 4.69) is 41.2 Å². The monoisotopic (exact) mass is 222 g/mol. The summed E-state index contributed by atoms with van der Waals surface area (Å²) in [4.78, 5) is 0. The van der Waals surface area contributed by atoms with Gasteiger partial charge in [-0.25, -0.2) is 0 Å². The maximum absolute atomic E-state index is 11.1. The van der Waals surface area contributed by atoms with Crippen molar-refractivity contribution in [2.75, 3.05) is 0 Å². The van der Waals surface area contributed by atoms with E-state index < -0.39 is 5.60 Å². The van der Waals surface area contributed by atoms with Gasteiger partial charge in [-0.2, -0.15) is 0 Å². The maximum atomic E-state index is 11.1. The Morgan fingerprint density at radius 3 is 2.50 bits per heavy atom. The number of rotatable bonds is 2. The van der Waals surface area contributed by atoms with Gasteiger partial charge in [0.25, 0.3) is 0 Å². The lowest BCUT2D eigenvalue weighted by atomic mass is 9.62. The van der Waals surface area contributed by atoms with E-state index in [1.165, 1.54) is 17.6 Å². The molecule has 0 radical (unpaired) electrons. The Hall–Kier alpha value is -0.560. The molecule has 1 N–H and O–H groups in total. The zero-order valence-electron chi connectivity index (χ0n) is 11.4. The zero-order valence-corrected chi connectivity index (χ0v) is 11.4. The lowest BCUT2D eigenvalue weighted by Gasteiger charge is -2.47. The second-order valence-electron chi connectivity index (χ2n) is 5.63. The van der Waals surface area contributed by atoms with Crippen molar-refractivity contribution in [3.63, 3.8) is 0 Å². The highest BCUT2D eigenvalue weighted by molar-refractivity contribution is 5.28. The second-order valence-corrected chi connectivity index (χ2v) is 5.63. The van der Waals surface area contributed by atoms with Gasteiger partial charge < -0.3 is 5.11 Å². The average molecular weight is 222 g/mol. The molecule has 0 aromatic carbocycles. The summed E-state index contributed by atoms with van der Waals surface area (Å²) in [5.41, 5.74) is 1.83. The fourth-order valence-electron chi connectivity index (χ4n) is 3.05. The molecule has 0 bridgehead atoms. The smallest absolute Gasteiger partial charge is 0.0946 e. The summed E-state index contributed by atoms with van der Waals surface area (Å²) >= 11 is 0. The first-order chi connectivity index (χ1) is 7.35.